The largest absolute Gasteiger partial charge is 0.466 e. The number of rotatable bonds is 21. The summed E-state index contributed by atoms with van der Waals surface area (Å²) >= 11 is 0. The van der Waals surface area contributed by atoms with Gasteiger partial charge in [-0.25, -0.2) is 19.2 Å². The fraction of sp³-hybridized carbons (Fsp3) is 0.727. The smallest absolute Gasteiger partial charge is 0.410 e. The Kier molecular flexibility index (Phi) is 22.4. The Morgan fingerprint density at radius 3 is 1.86 bits per heavy atom. The van der Waals surface area contributed by atoms with E-state index in [2.05, 4.69) is 21.3 Å². The van der Waals surface area contributed by atoms with Crippen molar-refractivity contribution in [1.82, 2.24) is 36.0 Å². The van der Waals surface area contributed by atoms with Crippen molar-refractivity contribution in [3.8, 4) is 0 Å². The van der Waals surface area contributed by atoms with Crippen molar-refractivity contribution in [3.63, 3.8) is 0 Å². The highest BCUT2D eigenvalue weighted by molar-refractivity contribution is 6.21. The van der Waals surface area contributed by atoms with Crippen LogP contribution in [0.5, 0.6) is 0 Å². The van der Waals surface area contributed by atoms with Crippen LogP contribution in [0.3, 0.4) is 0 Å². The summed E-state index contributed by atoms with van der Waals surface area (Å²) in [6.45, 7) is 20.9. The summed E-state index contributed by atoms with van der Waals surface area (Å²) in [7, 11) is 1.37. The van der Waals surface area contributed by atoms with E-state index in [0.29, 0.717) is 29.9 Å². The molecule has 5 rings (SSSR count). The van der Waals surface area contributed by atoms with Gasteiger partial charge in [0.1, 0.15) is 58.7 Å². The third-order valence-corrected chi connectivity index (χ3v) is 13.1. The number of likely N-dealkylation sites (tertiary alicyclic amines) is 1. The number of likely N-dealkylation sites (N-methyl/N-ethyl adjacent to an activating group) is 1. The van der Waals surface area contributed by atoms with Crippen LogP contribution in [-0.2, 0) is 42.7 Å². The zero-order valence-corrected chi connectivity index (χ0v) is 49.1. The fourth-order valence-electron chi connectivity index (χ4n) is 9.11. The number of nitrogens with one attached hydrogen (secondary N) is 4. The summed E-state index contributed by atoms with van der Waals surface area (Å²) in [5, 5.41) is 57.6. The summed E-state index contributed by atoms with van der Waals surface area (Å²) in [5.41, 5.74) is -3.01. The second kappa shape index (κ2) is 27.5. The molecule has 1 aromatic rings. The van der Waals surface area contributed by atoms with Gasteiger partial charge in [-0.15, -0.1) is 0 Å². The van der Waals surface area contributed by atoms with Crippen molar-refractivity contribution < 1.29 is 91.9 Å². The van der Waals surface area contributed by atoms with E-state index in [9.17, 15) is 54.0 Å². The Balaban J connectivity index is 1.47. The lowest BCUT2D eigenvalue weighted by Gasteiger charge is -2.48. The molecule has 0 spiro atoms. The van der Waals surface area contributed by atoms with Gasteiger partial charge in [0.05, 0.1) is 55.1 Å². The molecule has 26 nitrogen and oxygen atoms in total. The van der Waals surface area contributed by atoms with Crippen LogP contribution in [0.1, 0.15) is 130 Å². The first-order valence-corrected chi connectivity index (χ1v) is 27.4. The predicted octanol–water partition coefficient (Wildman–Crippen LogP) is 2.88. The third-order valence-electron chi connectivity index (χ3n) is 13.1. The van der Waals surface area contributed by atoms with Crippen molar-refractivity contribution in [2.75, 3.05) is 53.0 Å². The maximum Gasteiger partial charge on any atom is 0.410 e. The summed E-state index contributed by atoms with van der Waals surface area (Å²) in [6.07, 6.45) is -13.4. The number of alkyl carbamates (subject to hydrolysis) is 2. The summed E-state index contributed by atoms with van der Waals surface area (Å²) in [4.78, 5) is 96.9. The van der Waals surface area contributed by atoms with Crippen molar-refractivity contribution >= 4 is 42.1 Å². The van der Waals surface area contributed by atoms with Gasteiger partial charge in [-0.3, -0.25) is 19.3 Å². The molecule has 1 aliphatic carbocycles. The number of ether oxygens (including phenoxy) is 8. The number of hydrogen-bond acceptors (Lipinski definition) is 20. The highest BCUT2D eigenvalue weighted by Crippen LogP contribution is 2.33. The van der Waals surface area contributed by atoms with Gasteiger partial charge < -0.3 is 89.4 Å². The first-order valence-electron chi connectivity index (χ1n) is 27.4. The van der Waals surface area contributed by atoms with Crippen LogP contribution in [0.15, 0.2) is 36.1 Å². The molecule has 3 aliphatic heterocycles. The minimum Gasteiger partial charge on any atom is -0.466 e. The average molecular weight is 1150 g/mol. The van der Waals surface area contributed by atoms with Gasteiger partial charge in [-0.2, -0.15) is 0 Å². The minimum atomic E-state index is -1.95. The van der Waals surface area contributed by atoms with Crippen LogP contribution < -0.4 is 21.3 Å². The number of hydrogen-bond donors (Lipinski definition) is 8. The fourth-order valence-corrected chi connectivity index (χ4v) is 9.11. The number of nitrogens with zero attached hydrogens (tertiary/aromatic N) is 3. The maximum absolute atomic E-state index is 14.2. The van der Waals surface area contributed by atoms with E-state index in [0.717, 1.165) is 4.90 Å². The second-order valence-electron chi connectivity index (χ2n) is 24.7. The molecule has 8 N–H and O–H groups in total. The lowest BCUT2D eigenvalue weighted by molar-refractivity contribution is -0.276. The Hall–Kier alpha value is -5.87. The molecule has 1 saturated heterocycles. The highest BCUT2D eigenvalue weighted by atomic mass is 16.7. The topological polar surface area (TPSA) is 332 Å². The summed E-state index contributed by atoms with van der Waals surface area (Å²) in [5.74, 6) is -2.16. The lowest BCUT2D eigenvalue weighted by atomic mass is 9.82. The highest BCUT2D eigenvalue weighted by Gasteiger charge is 2.52. The SMILES string of the molecule is C[C@@H]([C@@H](O)[C@H](OCCO)O[C@@H]1[C@@H](O)[C@H](O[C@H]2OC(CNCCCN3C(=O)c4ccccc4C3=O)=CC[C@H]2NC(=O)OC(C)(C)C)[C@@H](NC(=O)OC(C)(C)C)C[C@H]1NC(=O)C(O)C1CN(C(=O)OC(C)(C)C)C1)N(C)C(=O)OC(C)(C)C. The first-order chi connectivity index (χ1) is 37.6. The van der Waals surface area contributed by atoms with E-state index in [1.807, 2.05) is 0 Å². The number of imide groups is 1. The number of fused-ring (bicyclic) bond motifs is 1. The molecule has 11 atom stereocenters. The predicted molar refractivity (Wildman–Crippen MR) is 289 cm³/mol. The second-order valence-corrected chi connectivity index (χ2v) is 24.7. The number of aliphatic hydroxyl groups excluding tert-OH is 4. The van der Waals surface area contributed by atoms with Crippen molar-refractivity contribution in [1.29, 1.82) is 0 Å². The van der Waals surface area contributed by atoms with Crippen LogP contribution in [0.2, 0.25) is 0 Å². The normalized spacial score (nSPS) is 24.0. The standard InChI is InChI=1S/C55H87N7O19/c1-30(60(14)50(72)80-54(8,9)10)38(64)47(74-25-24-63)77-41-36(57-43(67)39(65)31-28-61(29-31)51(73)81-55(11,12)13)26-37(59-49(71)79-53(5,6)7)42(40(41)66)76-46-35(58-48(70)78-52(2,3)4)21-20-32(75-46)27-56-22-17-23-62-44(68)33-18-15-16-19-34(33)45(62)69/h15-16,18-20,30-31,35-42,46-47,56,63-66H,17,21-29H2,1-14H3,(H,57,67)(H,58,70)(H,59,71)/t30-,35+,36+,37-,38+,39?,40+,41-,42+,46+,47+/m0/s1. The Morgan fingerprint density at radius 1 is 0.778 bits per heavy atom. The molecular formula is C55H87N7O19. The molecule has 0 aromatic heterocycles. The van der Waals surface area contributed by atoms with Crippen molar-refractivity contribution in [2.24, 2.45) is 5.92 Å². The van der Waals surface area contributed by atoms with Gasteiger partial charge in [-0.05, 0) is 134 Å². The number of carbonyl (C=O) groups is 7. The Labute approximate surface area is 473 Å². The molecule has 2 fully saturated rings. The van der Waals surface area contributed by atoms with Crippen LogP contribution >= 0.6 is 0 Å². The van der Waals surface area contributed by atoms with Crippen LogP contribution in [-0.4, -0.2) is 220 Å². The number of amides is 7. The number of aliphatic hydroxyl groups is 4. The molecule has 456 valence electrons. The summed E-state index contributed by atoms with van der Waals surface area (Å²) < 4.78 is 47.6. The Bertz CT molecular complexity index is 2360. The molecule has 26 heteroatoms. The van der Waals surface area contributed by atoms with E-state index < -0.39 is 139 Å². The average Bonchev–Trinajstić information content (AvgIpc) is 3.67. The molecule has 81 heavy (non-hydrogen) atoms. The van der Waals surface area contributed by atoms with Gasteiger partial charge in [0.2, 0.25) is 12.2 Å². The van der Waals surface area contributed by atoms with E-state index >= 15 is 0 Å². The molecule has 0 radical (unpaired) electrons. The van der Waals surface area contributed by atoms with Gasteiger partial charge in [0.15, 0.2) is 6.29 Å². The maximum atomic E-state index is 14.2. The third kappa shape index (κ3) is 19.1. The molecule has 3 heterocycles. The monoisotopic (exact) mass is 1150 g/mol. The van der Waals surface area contributed by atoms with Crippen LogP contribution in [0.25, 0.3) is 0 Å². The van der Waals surface area contributed by atoms with E-state index in [-0.39, 0.29) is 50.8 Å². The quantitative estimate of drug-likeness (QED) is 0.0380. The van der Waals surface area contributed by atoms with Gasteiger partial charge >= 0.3 is 24.4 Å². The van der Waals surface area contributed by atoms with E-state index in [4.69, 9.17) is 37.9 Å². The molecule has 1 saturated carbocycles. The Morgan fingerprint density at radius 2 is 1.32 bits per heavy atom. The molecule has 1 unspecified atom stereocenters. The van der Waals surface area contributed by atoms with Crippen molar-refractivity contribution in [2.45, 2.75) is 199 Å². The lowest BCUT2D eigenvalue weighted by Crippen LogP contribution is -2.69. The first kappa shape index (κ1) is 65.9. The van der Waals surface area contributed by atoms with Gasteiger partial charge in [0, 0.05) is 32.6 Å². The van der Waals surface area contributed by atoms with Crippen molar-refractivity contribution in [3.05, 3.63) is 47.2 Å². The van der Waals surface area contributed by atoms with E-state index in [1.54, 1.807) is 113 Å². The zero-order chi connectivity index (χ0) is 60.5. The van der Waals surface area contributed by atoms with Gasteiger partial charge in [0.25, 0.3) is 11.8 Å². The minimum absolute atomic E-state index is 0.0382. The molecule has 4 aliphatic rings. The number of carbonyl (C=O) groups excluding carboxylic acids is 7. The number of benzene rings is 1. The summed E-state index contributed by atoms with van der Waals surface area (Å²) in [6, 6.07) is 1.76. The molecule has 1 aromatic carbocycles. The molecule has 7 amide bonds. The van der Waals surface area contributed by atoms with Crippen LogP contribution in [0.4, 0.5) is 19.2 Å². The van der Waals surface area contributed by atoms with Gasteiger partial charge in [-0.1, -0.05) is 12.1 Å². The molecular weight excluding hydrogens is 1060 g/mol. The molecule has 0 bridgehead atoms. The van der Waals surface area contributed by atoms with Crippen LogP contribution in [0, 0.1) is 5.92 Å². The van der Waals surface area contributed by atoms with E-state index in [1.165, 1.54) is 23.8 Å². The zero-order valence-electron chi connectivity index (χ0n) is 49.1.